The van der Waals surface area contributed by atoms with Crippen molar-refractivity contribution in [1.82, 2.24) is 0 Å². The minimum absolute atomic E-state index is 0.0882. The van der Waals surface area contributed by atoms with Crippen molar-refractivity contribution in [3.8, 4) is 0 Å². The van der Waals surface area contributed by atoms with Crippen LogP contribution in [0.1, 0.15) is 72.6 Å². The Morgan fingerprint density at radius 1 is 1.35 bits per heavy atom. The molecule has 2 nitrogen and oxygen atoms in total. The van der Waals surface area contributed by atoms with Crippen LogP contribution in [0.5, 0.6) is 0 Å². The number of unbranched alkanes of at least 4 members (excludes halogenated alkanes) is 1. The van der Waals surface area contributed by atoms with E-state index in [9.17, 15) is 5.11 Å². The van der Waals surface area contributed by atoms with Gasteiger partial charge in [0.1, 0.15) is 0 Å². The molecule has 0 amide bonds. The standard InChI is InChI=1S/C18H30O2/c1-5-6-8-13-9-7-10-17(4)15(19)11-14-12-18(13,17)20-16(14,2)3/h9,14-15,19H,5-8,10-12H2,1-4H3/t14-,15-,17+,18+/m1/s1. The van der Waals surface area contributed by atoms with Gasteiger partial charge in [-0.05, 0) is 63.9 Å². The number of hydrogen-bond acceptors (Lipinski definition) is 2. The molecule has 4 atom stereocenters. The lowest BCUT2D eigenvalue weighted by atomic mass is 9.53. The Morgan fingerprint density at radius 2 is 2.10 bits per heavy atom. The number of ether oxygens (including phenoxy) is 1. The van der Waals surface area contributed by atoms with Gasteiger partial charge in [0.15, 0.2) is 0 Å². The zero-order chi connectivity index (χ0) is 14.6. The quantitative estimate of drug-likeness (QED) is 0.783. The van der Waals surface area contributed by atoms with E-state index in [1.165, 1.54) is 18.4 Å². The zero-order valence-corrected chi connectivity index (χ0v) is 13.5. The molecule has 0 radical (unpaired) electrons. The predicted octanol–water partition coefficient (Wildman–Crippen LogP) is 4.22. The van der Waals surface area contributed by atoms with Gasteiger partial charge < -0.3 is 9.84 Å². The van der Waals surface area contributed by atoms with Crippen LogP contribution in [0.2, 0.25) is 0 Å². The number of aliphatic hydroxyl groups is 1. The maximum atomic E-state index is 10.8. The average Bonchev–Trinajstić information content (AvgIpc) is 2.61. The van der Waals surface area contributed by atoms with Crippen molar-refractivity contribution in [2.75, 3.05) is 0 Å². The average molecular weight is 278 g/mol. The second-order valence-corrected chi connectivity index (χ2v) is 7.97. The molecule has 1 heterocycles. The van der Waals surface area contributed by atoms with Crippen LogP contribution in [0, 0.1) is 11.3 Å². The Hall–Kier alpha value is -0.340. The summed E-state index contributed by atoms with van der Waals surface area (Å²) in [5.74, 6) is 0.494. The van der Waals surface area contributed by atoms with Crippen LogP contribution in [0.3, 0.4) is 0 Å². The lowest BCUT2D eigenvalue weighted by Crippen LogP contribution is -2.58. The molecular weight excluding hydrogens is 248 g/mol. The molecule has 0 unspecified atom stereocenters. The molecule has 0 aromatic rings. The summed E-state index contributed by atoms with van der Waals surface area (Å²) in [6.45, 7) is 8.96. The SMILES string of the molecule is CCCCC1=CCC[C@@]2(C)[C@H](O)C[C@@H]3C[C@]12OC3(C)C. The molecule has 1 N–H and O–H groups in total. The van der Waals surface area contributed by atoms with Crippen LogP contribution in [0.25, 0.3) is 0 Å². The van der Waals surface area contributed by atoms with Crippen molar-refractivity contribution >= 4 is 0 Å². The summed E-state index contributed by atoms with van der Waals surface area (Å²) in [4.78, 5) is 0. The van der Waals surface area contributed by atoms with Gasteiger partial charge in [-0.1, -0.05) is 26.3 Å². The molecule has 3 rings (SSSR count). The van der Waals surface area contributed by atoms with Gasteiger partial charge in [0.05, 0.1) is 17.3 Å². The van der Waals surface area contributed by atoms with Crippen LogP contribution in [0.4, 0.5) is 0 Å². The Balaban J connectivity index is 2.03. The third-order valence-electron chi connectivity index (χ3n) is 6.49. The van der Waals surface area contributed by atoms with E-state index in [0.717, 1.165) is 32.1 Å². The fourth-order valence-electron chi connectivity index (χ4n) is 5.00. The molecule has 2 aliphatic carbocycles. The molecule has 3 aliphatic rings. The largest absolute Gasteiger partial charge is 0.392 e. The van der Waals surface area contributed by atoms with Gasteiger partial charge in [0.25, 0.3) is 0 Å². The maximum absolute atomic E-state index is 10.8. The summed E-state index contributed by atoms with van der Waals surface area (Å²) in [6.07, 6.45) is 9.99. The second-order valence-electron chi connectivity index (χ2n) is 7.97. The Kier molecular flexibility index (Phi) is 3.34. The lowest BCUT2D eigenvalue weighted by molar-refractivity contribution is -0.163. The fraction of sp³-hybridized carbons (Fsp3) is 0.889. The minimum atomic E-state index is -0.214. The molecule has 0 aromatic carbocycles. The summed E-state index contributed by atoms with van der Waals surface area (Å²) in [7, 11) is 0. The molecule has 20 heavy (non-hydrogen) atoms. The third kappa shape index (κ3) is 1.77. The van der Waals surface area contributed by atoms with Gasteiger partial charge in [0.2, 0.25) is 0 Å². The molecular formula is C18H30O2. The van der Waals surface area contributed by atoms with Crippen LogP contribution in [-0.4, -0.2) is 22.4 Å². The monoisotopic (exact) mass is 278 g/mol. The molecule has 2 fully saturated rings. The Bertz CT molecular complexity index is 425. The van der Waals surface area contributed by atoms with Crippen molar-refractivity contribution in [2.24, 2.45) is 11.3 Å². The van der Waals surface area contributed by atoms with Crippen molar-refractivity contribution in [3.05, 3.63) is 11.6 Å². The predicted molar refractivity (Wildman–Crippen MR) is 81.6 cm³/mol. The summed E-state index contributed by atoms with van der Waals surface area (Å²) < 4.78 is 6.72. The molecule has 2 heteroatoms. The van der Waals surface area contributed by atoms with E-state index < -0.39 is 0 Å². The zero-order valence-electron chi connectivity index (χ0n) is 13.5. The fourth-order valence-corrected chi connectivity index (χ4v) is 5.00. The van der Waals surface area contributed by atoms with Gasteiger partial charge in [-0.25, -0.2) is 0 Å². The highest BCUT2D eigenvalue weighted by Gasteiger charge is 2.67. The molecule has 114 valence electrons. The van der Waals surface area contributed by atoms with Crippen LogP contribution >= 0.6 is 0 Å². The first kappa shape index (κ1) is 14.6. The van der Waals surface area contributed by atoms with Crippen molar-refractivity contribution in [1.29, 1.82) is 0 Å². The Morgan fingerprint density at radius 3 is 2.80 bits per heavy atom. The smallest absolute Gasteiger partial charge is 0.0980 e. The topological polar surface area (TPSA) is 29.5 Å². The van der Waals surface area contributed by atoms with Gasteiger partial charge in [-0.3, -0.25) is 0 Å². The Labute approximate surface area is 123 Å². The first-order chi connectivity index (χ1) is 9.36. The molecule has 1 aliphatic heterocycles. The third-order valence-corrected chi connectivity index (χ3v) is 6.49. The first-order valence-corrected chi connectivity index (χ1v) is 8.43. The van der Waals surface area contributed by atoms with Crippen molar-refractivity contribution in [3.63, 3.8) is 0 Å². The van der Waals surface area contributed by atoms with Crippen molar-refractivity contribution < 1.29 is 9.84 Å². The van der Waals surface area contributed by atoms with E-state index in [2.05, 4.69) is 33.8 Å². The second kappa shape index (κ2) is 4.58. The number of hydrogen-bond donors (Lipinski definition) is 1. The number of fused-ring (bicyclic) bond motifs is 1. The van der Waals surface area contributed by atoms with Gasteiger partial charge >= 0.3 is 0 Å². The summed E-state index contributed by atoms with van der Waals surface area (Å²) in [5, 5.41) is 10.8. The first-order valence-electron chi connectivity index (χ1n) is 8.43. The van der Waals surface area contributed by atoms with Gasteiger partial charge in [-0.2, -0.15) is 0 Å². The van der Waals surface area contributed by atoms with E-state index in [1.54, 1.807) is 0 Å². The minimum Gasteiger partial charge on any atom is -0.392 e. The summed E-state index contributed by atoms with van der Waals surface area (Å²) in [5.41, 5.74) is 1.12. The molecule has 1 saturated carbocycles. The van der Waals surface area contributed by atoms with Gasteiger partial charge in [0, 0.05) is 5.41 Å². The summed E-state index contributed by atoms with van der Waals surface area (Å²) >= 11 is 0. The van der Waals surface area contributed by atoms with E-state index in [4.69, 9.17) is 4.74 Å². The number of rotatable bonds is 3. The van der Waals surface area contributed by atoms with E-state index in [1.807, 2.05) is 0 Å². The molecule has 1 saturated heterocycles. The summed E-state index contributed by atoms with van der Waals surface area (Å²) in [6, 6.07) is 0. The van der Waals surface area contributed by atoms with E-state index >= 15 is 0 Å². The number of allylic oxidation sites excluding steroid dienone is 1. The van der Waals surface area contributed by atoms with Crippen LogP contribution < -0.4 is 0 Å². The lowest BCUT2D eigenvalue weighted by Gasteiger charge is -2.54. The maximum Gasteiger partial charge on any atom is 0.0980 e. The van der Waals surface area contributed by atoms with Crippen LogP contribution in [0.15, 0.2) is 11.6 Å². The normalized spacial score (nSPS) is 46.0. The van der Waals surface area contributed by atoms with E-state index in [0.29, 0.717) is 5.92 Å². The molecule has 2 bridgehead atoms. The molecule has 0 aromatic heterocycles. The van der Waals surface area contributed by atoms with E-state index in [-0.39, 0.29) is 22.7 Å². The highest BCUT2D eigenvalue weighted by molar-refractivity contribution is 5.32. The highest BCUT2D eigenvalue weighted by Crippen LogP contribution is 2.65. The van der Waals surface area contributed by atoms with Crippen LogP contribution in [-0.2, 0) is 4.74 Å². The van der Waals surface area contributed by atoms with Gasteiger partial charge in [-0.15, -0.1) is 0 Å². The highest BCUT2D eigenvalue weighted by atomic mass is 16.5. The molecule has 1 spiro atoms. The van der Waals surface area contributed by atoms with Crippen molar-refractivity contribution in [2.45, 2.75) is 89.9 Å². The number of aliphatic hydroxyl groups excluding tert-OH is 1.